The highest BCUT2D eigenvalue weighted by Crippen LogP contribution is 2.37. The Balaban J connectivity index is 1.43. The predicted octanol–water partition coefficient (Wildman–Crippen LogP) is 3.67. The Kier molecular flexibility index (Phi) is 4.85. The molecule has 0 unspecified atom stereocenters. The summed E-state index contributed by atoms with van der Waals surface area (Å²) in [5.74, 6) is 0.331. The Morgan fingerprint density at radius 3 is 2.84 bits per heavy atom. The smallest absolute Gasteiger partial charge is 0.231 e. The van der Waals surface area contributed by atoms with Gasteiger partial charge in [-0.05, 0) is 29.9 Å². The van der Waals surface area contributed by atoms with Crippen molar-refractivity contribution in [2.75, 3.05) is 5.75 Å². The Hall–Kier alpha value is -2.12. The largest absolute Gasteiger partial charge is 0.344 e. The molecule has 2 aromatic heterocycles. The highest BCUT2D eigenvalue weighted by atomic mass is 32.2. The molecule has 5 nitrogen and oxygen atoms in total. The third-order valence-electron chi connectivity index (χ3n) is 4.08. The van der Waals surface area contributed by atoms with Crippen LogP contribution in [0.25, 0.3) is 0 Å². The van der Waals surface area contributed by atoms with E-state index in [0.29, 0.717) is 11.8 Å². The molecular formula is C18H18N4OS2. The minimum absolute atomic E-state index is 0.00222. The third-order valence-corrected chi connectivity index (χ3v) is 5.97. The van der Waals surface area contributed by atoms with E-state index in [1.54, 1.807) is 17.7 Å². The summed E-state index contributed by atoms with van der Waals surface area (Å²) in [6.45, 7) is 0. The highest BCUT2D eigenvalue weighted by Gasteiger charge is 2.26. The Morgan fingerprint density at radius 1 is 1.28 bits per heavy atom. The van der Waals surface area contributed by atoms with Crippen molar-refractivity contribution in [1.82, 2.24) is 20.1 Å². The van der Waals surface area contributed by atoms with Crippen LogP contribution in [0.4, 0.5) is 0 Å². The monoisotopic (exact) mass is 370 g/mol. The standard InChI is InChI=1S/C18H18N4OS2/c23-16(11-25-18-21-19-12-22(18)14-8-9-14)20-17(15-7-4-10-24-15)13-5-2-1-3-6-13/h1-7,10,12,14,17H,8-9,11H2,(H,20,23)/t17-/m0/s1. The van der Waals surface area contributed by atoms with Crippen molar-refractivity contribution in [3.05, 3.63) is 64.6 Å². The van der Waals surface area contributed by atoms with E-state index in [1.165, 1.54) is 24.6 Å². The van der Waals surface area contributed by atoms with Gasteiger partial charge in [-0.25, -0.2) is 0 Å². The Bertz CT molecular complexity index is 828. The number of thiophene rings is 1. The molecule has 1 N–H and O–H groups in total. The predicted molar refractivity (Wildman–Crippen MR) is 99.8 cm³/mol. The van der Waals surface area contributed by atoms with Crippen molar-refractivity contribution >= 4 is 29.0 Å². The van der Waals surface area contributed by atoms with Crippen LogP contribution in [0.1, 0.15) is 35.4 Å². The fourth-order valence-electron chi connectivity index (χ4n) is 2.69. The Labute approximate surface area is 154 Å². The number of nitrogens with zero attached hydrogens (tertiary/aromatic N) is 3. The zero-order valence-electron chi connectivity index (χ0n) is 13.5. The molecule has 0 spiro atoms. The van der Waals surface area contributed by atoms with Crippen molar-refractivity contribution in [2.45, 2.75) is 30.1 Å². The first kappa shape index (κ1) is 16.4. The SMILES string of the molecule is O=C(CSc1nncn1C1CC1)N[C@@H](c1ccccc1)c1cccs1. The van der Waals surface area contributed by atoms with Crippen LogP contribution in [-0.4, -0.2) is 26.4 Å². The van der Waals surface area contributed by atoms with Crippen molar-refractivity contribution in [3.63, 3.8) is 0 Å². The van der Waals surface area contributed by atoms with Gasteiger partial charge in [0.05, 0.1) is 11.8 Å². The lowest BCUT2D eigenvalue weighted by atomic mass is 10.1. The summed E-state index contributed by atoms with van der Waals surface area (Å²) in [6, 6.07) is 14.5. The molecule has 0 saturated heterocycles. The van der Waals surface area contributed by atoms with E-state index >= 15 is 0 Å². The second-order valence-corrected chi connectivity index (χ2v) is 7.89. The van der Waals surface area contributed by atoms with E-state index in [4.69, 9.17) is 0 Å². The molecule has 1 aliphatic rings. The summed E-state index contributed by atoms with van der Waals surface area (Å²) >= 11 is 3.10. The molecule has 0 radical (unpaired) electrons. The lowest BCUT2D eigenvalue weighted by molar-refractivity contribution is -0.119. The van der Waals surface area contributed by atoms with Crippen LogP contribution in [0.5, 0.6) is 0 Å². The van der Waals surface area contributed by atoms with Gasteiger partial charge in [0.25, 0.3) is 0 Å². The average Bonchev–Trinajstić information content (AvgIpc) is 3.15. The molecule has 7 heteroatoms. The van der Waals surface area contributed by atoms with Crippen LogP contribution >= 0.6 is 23.1 Å². The normalized spacial score (nSPS) is 15.0. The van der Waals surface area contributed by atoms with Gasteiger partial charge in [-0.3, -0.25) is 4.79 Å². The molecule has 1 saturated carbocycles. The minimum atomic E-state index is -0.115. The van der Waals surface area contributed by atoms with E-state index in [0.717, 1.165) is 15.6 Å². The first-order valence-corrected chi connectivity index (χ1v) is 10.1. The first-order chi connectivity index (χ1) is 12.3. The van der Waals surface area contributed by atoms with Crippen molar-refractivity contribution in [3.8, 4) is 0 Å². The van der Waals surface area contributed by atoms with E-state index in [2.05, 4.69) is 26.1 Å². The van der Waals surface area contributed by atoms with Crippen LogP contribution in [0.15, 0.2) is 59.3 Å². The van der Waals surface area contributed by atoms with Crippen LogP contribution in [0.3, 0.4) is 0 Å². The average molecular weight is 371 g/mol. The number of hydrogen-bond donors (Lipinski definition) is 1. The molecule has 1 atom stereocenters. The van der Waals surface area contributed by atoms with Gasteiger partial charge in [0.15, 0.2) is 5.16 Å². The molecule has 1 aromatic carbocycles. The number of hydrogen-bond acceptors (Lipinski definition) is 5. The van der Waals surface area contributed by atoms with Gasteiger partial charge in [0.2, 0.25) is 5.91 Å². The molecule has 128 valence electrons. The maximum absolute atomic E-state index is 12.5. The summed E-state index contributed by atoms with van der Waals surface area (Å²) in [4.78, 5) is 13.7. The van der Waals surface area contributed by atoms with E-state index in [9.17, 15) is 4.79 Å². The minimum Gasteiger partial charge on any atom is -0.344 e. The molecule has 0 aliphatic heterocycles. The molecule has 1 aliphatic carbocycles. The van der Waals surface area contributed by atoms with Gasteiger partial charge < -0.3 is 9.88 Å². The number of carbonyl (C=O) groups excluding carboxylic acids is 1. The number of benzene rings is 1. The summed E-state index contributed by atoms with van der Waals surface area (Å²) in [5.41, 5.74) is 1.09. The second kappa shape index (κ2) is 7.41. The molecular weight excluding hydrogens is 352 g/mol. The summed E-state index contributed by atoms with van der Waals surface area (Å²) in [5, 5.41) is 14.1. The molecule has 4 rings (SSSR count). The zero-order chi connectivity index (χ0) is 17.1. The van der Waals surface area contributed by atoms with Gasteiger partial charge >= 0.3 is 0 Å². The van der Waals surface area contributed by atoms with E-state index < -0.39 is 0 Å². The summed E-state index contributed by atoms with van der Waals surface area (Å²) in [6.07, 6.45) is 4.11. The molecule has 1 amide bonds. The quantitative estimate of drug-likeness (QED) is 0.645. The van der Waals surface area contributed by atoms with Crippen LogP contribution in [0.2, 0.25) is 0 Å². The maximum Gasteiger partial charge on any atom is 0.231 e. The number of amides is 1. The molecule has 1 fully saturated rings. The lowest BCUT2D eigenvalue weighted by Crippen LogP contribution is -2.30. The van der Waals surface area contributed by atoms with E-state index in [1.807, 2.05) is 41.8 Å². The van der Waals surface area contributed by atoms with Crippen molar-refractivity contribution in [2.24, 2.45) is 0 Å². The molecule has 3 aromatic rings. The zero-order valence-corrected chi connectivity index (χ0v) is 15.2. The van der Waals surface area contributed by atoms with Gasteiger partial charge in [-0.1, -0.05) is 48.2 Å². The third kappa shape index (κ3) is 3.93. The topological polar surface area (TPSA) is 59.8 Å². The van der Waals surface area contributed by atoms with Crippen molar-refractivity contribution in [1.29, 1.82) is 0 Å². The van der Waals surface area contributed by atoms with Gasteiger partial charge in [0.1, 0.15) is 6.33 Å². The summed E-state index contributed by atoms with van der Waals surface area (Å²) < 4.78 is 2.08. The van der Waals surface area contributed by atoms with Gasteiger partial charge in [-0.2, -0.15) is 0 Å². The molecule has 2 heterocycles. The Morgan fingerprint density at radius 2 is 2.12 bits per heavy atom. The van der Waals surface area contributed by atoms with Crippen LogP contribution < -0.4 is 5.32 Å². The first-order valence-electron chi connectivity index (χ1n) is 8.21. The second-order valence-electron chi connectivity index (χ2n) is 5.97. The number of aromatic nitrogens is 3. The fourth-order valence-corrected chi connectivity index (χ4v) is 4.29. The number of nitrogens with one attached hydrogen (secondary N) is 1. The van der Waals surface area contributed by atoms with Gasteiger partial charge in [0, 0.05) is 10.9 Å². The fraction of sp³-hybridized carbons (Fsp3) is 0.278. The summed E-state index contributed by atoms with van der Waals surface area (Å²) in [7, 11) is 0. The number of thioether (sulfide) groups is 1. The van der Waals surface area contributed by atoms with Gasteiger partial charge in [-0.15, -0.1) is 21.5 Å². The number of rotatable bonds is 7. The van der Waals surface area contributed by atoms with E-state index in [-0.39, 0.29) is 11.9 Å². The highest BCUT2D eigenvalue weighted by molar-refractivity contribution is 7.99. The van der Waals surface area contributed by atoms with Crippen molar-refractivity contribution < 1.29 is 4.79 Å². The lowest BCUT2D eigenvalue weighted by Gasteiger charge is -2.18. The van der Waals surface area contributed by atoms with Crippen LogP contribution in [-0.2, 0) is 4.79 Å². The van der Waals surface area contributed by atoms with Crippen LogP contribution in [0, 0.1) is 0 Å². The maximum atomic E-state index is 12.5. The molecule has 0 bridgehead atoms. The molecule has 25 heavy (non-hydrogen) atoms. The number of carbonyl (C=O) groups is 1.